The first-order valence-corrected chi connectivity index (χ1v) is 6.83. The smallest absolute Gasteiger partial charge is 0.221 e. The van der Waals surface area contributed by atoms with E-state index in [-0.39, 0.29) is 11.9 Å². The first-order valence-electron chi connectivity index (χ1n) is 6.83. The fraction of sp³-hybridized carbons (Fsp3) is 0.923. The van der Waals surface area contributed by atoms with Gasteiger partial charge in [-0.3, -0.25) is 9.69 Å². The van der Waals surface area contributed by atoms with Crippen molar-refractivity contribution in [3.8, 4) is 0 Å². The van der Waals surface area contributed by atoms with E-state index in [1.807, 2.05) is 6.92 Å². The number of carbonyl (C=O) groups excluding carboxylic acids is 1. The standard InChI is InChI=1S/C13H30N4O/c1-6-15-13(18)8-12(9-14)17(7-2)11(3)10-16(4)5/h11-12H,6-10,14H2,1-5H3,(H,15,18). The van der Waals surface area contributed by atoms with E-state index in [9.17, 15) is 4.79 Å². The summed E-state index contributed by atoms with van der Waals surface area (Å²) < 4.78 is 0. The molecular weight excluding hydrogens is 228 g/mol. The minimum atomic E-state index is 0.0865. The third kappa shape index (κ3) is 6.33. The molecule has 2 unspecified atom stereocenters. The van der Waals surface area contributed by atoms with E-state index >= 15 is 0 Å². The molecule has 0 saturated heterocycles. The van der Waals surface area contributed by atoms with Crippen molar-refractivity contribution in [3.05, 3.63) is 0 Å². The Labute approximate surface area is 112 Å². The number of carbonyl (C=O) groups is 1. The number of hydrogen-bond donors (Lipinski definition) is 2. The van der Waals surface area contributed by atoms with E-state index in [0.717, 1.165) is 13.1 Å². The van der Waals surface area contributed by atoms with Crippen LogP contribution in [0.1, 0.15) is 27.2 Å². The van der Waals surface area contributed by atoms with Crippen molar-refractivity contribution < 1.29 is 4.79 Å². The van der Waals surface area contributed by atoms with Crippen LogP contribution < -0.4 is 11.1 Å². The largest absolute Gasteiger partial charge is 0.356 e. The second-order valence-electron chi connectivity index (χ2n) is 4.99. The molecule has 0 aliphatic carbocycles. The first kappa shape index (κ1) is 17.4. The number of nitrogens with two attached hydrogens (primary N) is 1. The van der Waals surface area contributed by atoms with E-state index in [1.165, 1.54) is 0 Å². The Kier molecular flexibility index (Phi) is 8.97. The number of rotatable bonds is 9. The van der Waals surface area contributed by atoms with E-state index < -0.39 is 0 Å². The summed E-state index contributed by atoms with van der Waals surface area (Å²) in [7, 11) is 4.12. The van der Waals surface area contributed by atoms with Crippen LogP contribution in [-0.4, -0.2) is 68.1 Å². The highest BCUT2D eigenvalue weighted by Crippen LogP contribution is 2.09. The third-order valence-corrected chi connectivity index (χ3v) is 3.10. The Morgan fingerprint density at radius 1 is 1.33 bits per heavy atom. The molecule has 0 radical (unpaired) electrons. The molecule has 0 bridgehead atoms. The highest BCUT2D eigenvalue weighted by Gasteiger charge is 2.23. The molecule has 0 aromatic rings. The lowest BCUT2D eigenvalue weighted by atomic mass is 10.1. The average Bonchev–Trinajstić information content (AvgIpc) is 2.27. The molecule has 0 fully saturated rings. The van der Waals surface area contributed by atoms with Crippen LogP contribution in [0.15, 0.2) is 0 Å². The van der Waals surface area contributed by atoms with Crippen molar-refractivity contribution in [2.24, 2.45) is 5.73 Å². The Hall–Kier alpha value is -0.650. The normalized spacial score (nSPS) is 14.9. The van der Waals surface area contributed by atoms with Crippen LogP contribution >= 0.6 is 0 Å². The van der Waals surface area contributed by atoms with Crippen LogP contribution in [0.2, 0.25) is 0 Å². The Balaban J connectivity index is 4.50. The minimum absolute atomic E-state index is 0.0865. The number of nitrogens with zero attached hydrogens (tertiary/aromatic N) is 2. The molecule has 0 aliphatic heterocycles. The lowest BCUT2D eigenvalue weighted by molar-refractivity contribution is -0.122. The maximum absolute atomic E-state index is 11.7. The molecule has 2 atom stereocenters. The number of amides is 1. The molecule has 0 heterocycles. The SMILES string of the molecule is CCNC(=O)CC(CN)N(CC)C(C)CN(C)C. The van der Waals surface area contributed by atoms with Crippen molar-refractivity contribution >= 4 is 5.91 Å². The summed E-state index contributed by atoms with van der Waals surface area (Å²) in [5, 5.41) is 2.84. The molecule has 108 valence electrons. The van der Waals surface area contributed by atoms with Gasteiger partial charge in [-0.2, -0.15) is 0 Å². The predicted molar refractivity (Wildman–Crippen MR) is 76.5 cm³/mol. The summed E-state index contributed by atoms with van der Waals surface area (Å²) in [4.78, 5) is 16.1. The van der Waals surface area contributed by atoms with Crippen LogP contribution in [0.5, 0.6) is 0 Å². The van der Waals surface area contributed by atoms with E-state index in [0.29, 0.717) is 25.6 Å². The van der Waals surface area contributed by atoms with Crippen LogP contribution in [0.25, 0.3) is 0 Å². The van der Waals surface area contributed by atoms with Crippen LogP contribution in [0, 0.1) is 0 Å². The highest BCUT2D eigenvalue weighted by atomic mass is 16.1. The van der Waals surface area contributed by atoms with Crippen LogP contribution in [-0.2, 0) is 4.79 Å². The van der Waals surface area contributed by atoms with Gasteiger partial charge in [-0.05, 0) is 34.5 Å². The lowest BCUT2D eigenvalue weighted by Gasteiger charge is -2.36. The minimum Gasteiger partial charge on any atom is -0.356 e. The van der Waals surface area contributed by atoms with Gasteiger partial charge in [-0.15, -0.1) is 0 Å². The van der Waals surface area contributed by atoms with Gasteiger partial charge in [0.1, 0.15) is 0 Å². The fourth-order valence-electron chi connectivity index (χ4n) is 2.38. The predicted octanol–water partition coefficient (Wildman–Crippen LogP) is 0.112. The van der Waals surface area contributed by atoms with Gasteiger partial charge in [0, 0.05) is 38.1 Å². The van der Waals surface area contributed by atoms with Gasteiger partial charge in [0.15, 0.2) is 0 Å². The summed E-state index contributed by atoms with van der Waals surface area (Å²) in [5.41, 5.74) is 5.83. The summed E-state index contributed by atoms with van der Waals surface area (Å²) in [6, 6.07) is 0.518. The van der Waals surface area contributed by atoms with Gasteiger partial charge in [0.2, 0.25) is 5.91 Å². The zero-order valence-electron chi connectivity index (χ0n) is 12.6. The molecule has 18 heavy (non-hydrogen) atoms. The van der Waals surface area contributed by atoms with Gasteiger partial charge in [0.05, 0.1) is 0 Å². The molecule has 5 heteroatoms. The van der Waals surface area contributed by atoms with Gasteiger partial charge in [-0.25, -0.2) is 0 Å². The van der Waals surface area contributed by atoms with E-state index in [1.54, 1.807) is 0 Å². The average molecular weight is 258 g/mol. The van der Waals surface area contributed by atoms with Crippen LogP contribution in [0.3, 0.4) is 0 Å². The summed E-state index contributed by atoms with van der Waals surface area (Å²) in [5.74, 6) is 0.0865. The van der Waals surface area contributed by atoms with Crippen molar-refractivity contribution in [1.29, 1.82) is 0 Å². The second-order valence-corrected chi connectivity index (χ2v) is 4.99. The second kappa shape index (κ2) is 9.30. The number of hydrogen-bond acceptors (Lipinski definition) is 4. The van der Waals surface area contributed by atoms with Crippen molar-refractivity contribution in [2.45, 2.75) is 39.3 Å². The van der Waals surface area contributed by atoms with Crippen molar-refractivity contribution in [3.63, 3.8) is 0 Å². The van der Waals surface area contributed by atoms with Gasteiger partial charge >= 0.3 is 0 Å². The topological polar surface area (TPSA) is 61.6 Å². The Morgan fingerprint density at radius 3 is 2.33 bits per heavy atom. The van der Waals surface area contributed by atoms with E-state index in [4.69, 9.17) is 5.73 Å². The van der Waals surface area contributed by atoms with Crippen molar-refractivity contribution in [2.75, 3.05) is 40.3 Å². The third-order valence-electron chi connectivity index (χ3n) is 3.10. The molecule has 0 rings (SSSR count). The van der Waals surface area contributed by atoms with Crippen LogP contribution in [0.4, 0.5) is 0 Å². The van der Waals surface area contributed by atoms with E-state index in [2.05, 4.69) is 43.1 Å². The molecule has 0 aromatic carbocycles. The summed E-state index contributed by atoms with van der Waals surface area (Å²) in [6.45, 7) is 9.31. The molecule has 0 aromatic heterocycles. The zero-order valence-corrected chi connectivity index (χ0v) is 12.6. The summed E-state index contributed by atoms with van der Waals surface area (Å²) in [6.07, 6.45) is 0.482. The van der Waals surface area contributed by atoms with Gasteiger partial charge in [-0.1, -0.05) is 6.92 Å². The molecular formula is C13H30N4O. The highest BCUT2D eigenvalue weighted by molar-refractivity contribution is 5.76. The zero-order chi connectivity index (χ0) is 14.1. The summed E-state index contributed by atoms with van der Waals surface area (Å²) >= 11 is 0. The van der Waals surface area contributed by atoms with Crippen molar-refractivity contribution in [1.82, 2.24) is 15.1 Å². The quantitative estimate of drug-likeness (QED) is 0.616. The molecule has 0 saturated carbocycles. The molecule has 0 aliphatic rings. The Morgan fingerprint density at radius 2 is 1.94 bits per heavy atom. The monoisotopic (exact) mass is 258 g/mol. The maximum atomic E-state index is 11.7. The molecule has 1 amide bonds. The molecule has 0 spiro atoms. The maximum Gasteiger partial charge on any atom is 0.221 e. The molecule has 5 nitrogen and oxygen atoms in total. The molecule has 3 N–H and O–H groups in total. The number of nitrogens with one attached hydrogen (secondary N) is 1. The van der Waals surface area contributed by atoms with Gasteiger partial charge < -0.3 is 16.0 Å². The first-order chi connectivity index (χ1) is 8.46. The lowest BCUT2D eigenvalue weighted by Crippen LogP contribution is -2.50. The van der Waals surface area contributed by atoms with Gasteiger partial charge in [0.25, 0.3) is 0 Å². The Bertz CT molecular complexity index is 233. The fourth-order valence-corrected chi connectivity index (χ4v) is 2.38. The number of likely N-dealkylation sites (N-methyl/N-ethyl adjacent to an activating group) is 2.